The Labute approximate surface area is 136 Å². The second kappa shape index (κ2) is 6.36. The number of aromatic nitrogens is 3. The largest absolute Gasteiger partial charge is 0.321 e. The highest BCUT2D eigenvalue weighted by Crippen LogP contribution is 2.19. The lowest BCUT2D eigenvalue weighted by Gasteiger charge is -2.07. The van der Waals surface area contributed by atoms with E-state index in [0.29, 0.717) is 11.6 Å². The molecule has 1 atom stereocenters. The molecule has 0 aliphatic carbocycles. The van der Waals surface area contributed by atoms with Crippen molar-refractivity contribution in [3.63, 3.8) is 0 Å². The van der Waals surface area contributed by atoms with Crippen LogP contribution in [0.5, 0.6) is 0 Å². The minimum absolute atomic E-state index is 0.183. The molecular weight excluding hydrogens is 375 g/mol. The van der Waals surface area contributed by atoms with Crippen LogP contribution in [0.3, 0.4) is 0 Å². The Kier molecular flexibility index (Phi) is 4.31. The predicted molar refractivity (Wildman–Crippen MR) is 91.6 cm³/mol. The summed E-state index contributed by atoms with van der Waals surface area (Å²) < 4.78 is 1.19. The highest BCUT2D eigenvalue weighted by molar-refractivity contribution is 14.1. The number of H-pyrrole nitrogens is 1. The summed E-state index contributed by atoms with van der Waals surface area (Å²) in [6, 6.07) is 18.1. The van der Waals surface area contributed by atoms with E-state index in [1.54, 1.807) is 0 Å². The van der Waals surface area contributed by atoms with Crippen molar-refractivity contribution in [1.82, 2.24) is 15.2 Å². The third-order valence-corrected chi connectivity index (χ3v) is 3.97. The first kappa shape index (κ1) is 14.2. The van der Waals surface area contributed by atoms with Crippen LogP contribution in [0.4, 0.5) is 0 Å². The van der Waals surface area contributed by atoms with E-state index >= 15 is 0 Å². The number of nitrogens with one attached hydrogen (secondary N) is 1. The minimum atomic E-state index is -0.183. The molecule has 0 unspecified atom stereocenters. The monoisotopic (exact) mass is 390 g/mol. The van der Waals surface area contributed by atoms with Gasteiger partial charge in [0.2, 0.25) is 0 Å². The molecular formula is C16H15IN4. The van der Waals surface area contributed by atoms with E-state index in [9.17, 15) is 0 Å². The Morgan fingerprint density at radius 2 is 1.76 bits per heavy atom. The molecule has 106 valence electrons. The van der Waals surface area contributed by atoms with Crippen LogP contribution in [0, 0.1) is 3.57 Å². The Hall–Kier alpha value is -1.73. The molecule has 4 nitrogen and oxygen atoms in total. The lowest BCUT2D eigenvalue weighted by atomic mass is 10.1. The van der Waals surface area contributed by atoms with Gasteiger partial charge in [-0.15, -0.1) is 0 Å². The Bertz CT molecular complexity index is 707. The van der Waals surface area contributed by atoms with Crippen LogP contribution in [-0.4, -0.2) is 15.2 Å². The number of nitrogens with zero attached hydrogens (tertiary/aromatic N) is 2. The Morgan fingerprint density at radius 3 is 2.48 bits per heavy atom. The number of benzene rings is 2. The van der Waals surface area contributed by atoms with E-state index < -0.39 is 0 Å². The van der Waals surface area contributed by atoms with E-state index in [1.807, 2.05) is 42.5 Å². The van der Waals surface area contributed by atoms with Gasteiger partial charge >= 0.3 is 0 Å². The van der Waals surface area contributed by atoms with Gasteiger partial charge in [0.1, 0.15) is 5.82 Å². The van der Waals surface area contributed by atoms with Gasteiger partial charge in [0, 0.05) is 9.13 Å². The molecule has 21 heavy (non-hydrogen) atoms. The molecule has 0 bridgehead atoms. The summed E-state index contributed by atoms with van der Waals surface area (Å²) >= 11 is 2.28. The third kappa shape index (κ3) is 3.48. The maximum Gasteiger partial charge on any atom is 0.181 e. The van der Waals surface area contributed by atoms with Gasteiger partial charge in [-0.3, -0.25) is 5.10 Å². The number of halogens is 1. The van der Waals surface area contributed by atoms with E-state index in [4.69, 9.17) is 5.73 Å². The highest BCUT2D eigenvalue weighted by Gasteiger charge is 2.13. The van der Waals surface area contributed by atoms with Crippen molar-refractivity contribution in [2.45, 2.75) is 12.5 Å². The number of hydrogen-bond acceptors (Lipinski definition) is 3. The molecule has 0 spiro atoms. The molecule has 3 aromatic rings. The Balaban J connectivity index is 1.76. The maximum atomic E-state index is 6.21. The second-order valence-corrected chi connectivity index (χ2v) is 6.09. The predicted octanol–water partition coefficient (Wildman–Crippen LogP) is 3.32. The van der Waals surface area contributed by atoms with Crippen molar-refractivity contribution in [2.75, 3.05) is 0 Å². The van der Waals surface area contributed by atoms with Gasteiger partial charge in [0.15, 0.2) is 5.82 Å². The minimum Gasteiger partial charge on any atom is -0.321 e. The van der Waals surface area contributed by atoms with Crippen molar-refractivity contribution in [3.05, 3.63) is 69.6 Å². The summed E-state index contributed by atoms with van der Waals surface area (Å²) in [5.74, 6) is 1.40. The van der Waals surface area contributed by atoms with Gasteiger partial charge in [0.05, 0.1) is 6.04 Å². The van der Waals surface area contributed by atoms with Crippen molar-refractivity contribution in [2.24, 2.45) is 5.73 Å². The summed E-state index contributed by atoms with van der Waals surface area (Å²) in [5.41, 5.74) is 8.39. The van der Waals surface area contributed by atoms with Gasteiger partial charge in [-0.2, -0.15) is 5.10 Å². The fraction of sp³-hybridized carbons (Fsp3) is 0.125. The topological polar surface area (TPSA) is 67.6 Å². The van der Waals surface area contributed by atoms with Gasteiger partial charge in [-0.05, 0) is 46.7 Å². The fourth-order valence-electron chi connectivity index (χ4n) is 2.13. The van der Waals surface area contributed by atoms with Gasteiger partial charge in [-0.1, -0.05) is 42.5 Å². The van der Waals surface area contributed by atoms with Crippen molar-refractivity contribution < 1.29 is 0 Å². The molecule has 0 aliphatic rings. The first-order valence-electron chi connectivity index (χ1n) is 6.70. The van der Waals surface area contributed by atoms with Gasteiger partial charge in [-0.25, -0.2) is 4.98 Å². The van der Waals surface area contributed by atoms with Crippen LogP contribution < -0.4 is 5.73 Å². The molecule has 0 amide bonds. The summed E-state index contributed by atoms with van der Waals surface area (Å²) in [5, 5.41) is 7.21. The number of rotatable bonds is 4. The molecule has 0 radical (unpaired) electrons. The normalized spacial score (nSPS) is 12.3. The number of hydrogen-bond donors (Lipinski definition) is 2. The summed E-state index contributed by atoms with van der Waals surface area (Å²) in [6.45, 7) is 0. The molecule has 0 saturated heterocycles. The smallest absolute Gasteiger partial charge is 0.181 e. The molecule has 3 rings (SSSR count). The van der Waals surface area contributed by atoms with Crippen molar-refractivity contribution >= 4 is 22.6 Å². The molecule has 1 aromatic heterocycles. The van der Waals surface area contributed by atoms with Crippen LogP contribution in [0.25, 0.3) is 11.4 Å². The van der Waals surface area contributed by atoms with Crippen LogP contribution in [0.15, 0.2) is 54.6 Å². The van der Waals surface area contributed by atoms with Crippen LogP contribution in [0.2, 0.25) is 0 Å². The van der Waals surface area contributed by atoms with Crippen molar-refractivity contribution in [3.8, 4) is 11.4 Å². The summed E-state index contributed by atoms with van der Waals surface area (Å²) in [7, 11) is 0. The summed E-state index contributed by atoms with van der Waals surface area (Å²) in [6.07, 6.45) is 0.738. The average Bonchev–Trinajstić information content (AvgIpc) is 2.99. The highest BCUT2D eigenvalue weighted by atomic mass is 127. The van der Waals surface area contributed by atoms with Crippen molar-refractivity contribution in [1.29, 1.82) is 0 Å². The molecule has 0 saturated carbocycles. The van der Waals surface area contributed by atoms with E-state index in [0.717, 1.165) is 12.0 Å². The van der Waals surface area contributed by atoms with Gasteiger partial charge in [0.25, 0.3) is 0 Å². The third-order valence-electron chi connectivity index (χ3n) is 3.25. The number of nitrogens with two attached hydrogens (primary N) is 1. The first-order valence-corrected chi connectivity index (χ1v) is 7.78. The van der Waals surface area contributed by atoms with E-state index in [1.165, 1.54) is 9.13 Å². The lowest BCUT2D eigenvalue weighted by molar-refractivity contribution is 0.671. The van der Waals surface area contributed by atoms with Crippen LogP contribution in [0.1, 0.15) is 17.4 Å². The summed E-state index contributed by atoms with van der Waals surface area (Å²) in [4.78, 5) is 4.51. The van der Waals surface area contributed by atoms with E-state index in [-0.39, 0.29) is 6.04 Å². The molecule has 0 fully saturated rings. The maximum absolute atomic E-state index is 6.21. The van der Waals surface area contributed by atoms with E-state index in [2.05, 4.69) is 49.9 Å². The average molecular weight is 390 g/mol. The number of aromatic amines is 1. The zero-order valence-electron chi connectivity index (χ0n) is 11.3. The molecule has 0 aliphatic heterocycles. The molecule has 3 N–H and O–H groups in total. The van der Waals surface area contributed by atoms with Crippen LogP contribution >= 0.6 is 22.6 Å². The second-order valence-electron chi connectivity index (χ2n) is 4.85. The molecule has 2 aromatic carbocycles. The van der Waals surface area contributed by atoms with Crippen LogP contribution in [-0.2, 0) is 6.42 Å². The van der Waals surface area contributed by atoms with Gasteiger partial charge < -0.3 is 5.73 Å². The Morgan fingerprint density at radius 1 is 1.05 bits per heavy atom. The lowest BCUT2D eigenvalue weighted by Crippen LogP contribution is -2.15. The quantitative estimate of drug-likeness (QED) is 0.672. The SMILES string of the molecule is N[C@H](Cc1ccccc1)c1nc(-c2ccc(I)cc2)n[nH]1. The fourth-order valence-corrected chi connectivity index (χ4v) is 2.49. The molecule has 5 heteroatoms. The standard InChI is InChI=1S/C16H15IN4/c17-13-8-6-12(7-9-13)15-19-16(21-20-15)14(18)10-11-4-2-1-3-5-11/h1-9,14H,10,18H2,(H,19,20,21)/t14-/m1/s1. The zero-order valence-corrected chi connectivity index (χ0v) is 13.5. The zero-order chi connectivity index (χ0) is 14.7. The molecule has 1 heterocycles. The first-order chi connectivity index (χ1) is 10.2.